The van der Waals surface area contributed by atoms with E-state index in [1.807, 2.05) is 0 Å². The first-order chi connectivity index (χ1) is 13.1. The lowest BCUT2D eigenvalue weighted by Gasteiger charge is -2.22. The quantitative estimate of drug-likeness (QED) is 0.322. The lowest BCUT2D eigenvalue weighted by molar-refractivity contribution is 0.198. The third-order valence-electron chi connectivity index (χ3n) is 4.81. The Morgan fingerprint density at radius 3 is 2.79 bits per heavy atom. The lowest BCUT2D eigenvalue weighted by Crippen LogP contribution is -2.45. The topological polar surface area (TPSA) is 52.1 Å². The molecule has 6 nitrogen and oxygen atoms in total. The second-order valence-corrected chi connectivity index (χ2v) is 6.98. The summed E-state index contributed by atoms with van der Waals surface area (Å²) in [6.07, 6.45) is 1.99. The maximum absolute atomic E-state index is 13.3. The first kappa shape index (κ1) is 24.9. The van der Waals surface area contributed by atoms with Gasteiger partial charge in [0.2, 0.25) is 0 Å². The van der Waals surface area contributed by atoms with Crippen molar-refractivity contribution >= 4 is 29.9 Å². The van der Waals surface area contributed by atoms with Crippen molar-refractivity contribution in [2.75, 3.05) is 59.9 Å². The largest absolute Gasteiger partial charge is 0.489 e. The molecule has 1 atom stereocenters. The number of ether oxygens (including phenoxy) is 1. The average Bonchev–Trinajstić information content (AvgIpc) is 2.87. The van der Waals surface area contributed by atoms with Crippen molar-refractivity contribution in [2.45, 2.75) is 25.9 Å². The van der Waals surface area contributed by atoms with Crippen molar-refractivity contribution in [2.24, 2.45) is 4.99 Å². The van der Waals surface area contributed by atoms with E-state index >= 15 is 0 Å². The number of nitrogens with zero attached hydrogens (tertiary/aromatic N) is 3. The van der Waals surface area contributed by atoms with Crippen LogP contribution in [0.2, 0.25) is 0 Å². The predicted molar refractivity (Wildman–Crippen MR) is 124 cm³/mol. The molecule has 1 unspecified atom stereocenters. The van der Waals surface area contributed by atoms with Gasteiger partial charge in [0.15, 0.2) is 5.96 Å². The van der Waals surface area contributed by atoms with Crippen LogP contribution in [-0.4, -0.2) is 81.8 Å². The summed E-state index contributed by atoms with van der Waals surface area (Å²) >= 11 is 0. The van der Waals surface area contributed by atoms with Crippen LogP contribution in [0.15, 0.2) is 29.3 Å². The zero-order valence-electron chi connectivity index (χ0n) is 17.3. The van der Waals surface area contributed by atoms with Crippen LogP contribution in [0.5, 0.6) is 5.75 Å². The summed E-state index contributed by atoms with van der Waals surface area (Å²) in [5, 5.41) is 6.67. The molecule has 1 heterocycles. The fraction of sp³-hybridized carbons (Fsp3) is 0.650. The standard InChI is InChI=1S/C20H34FN5O.HI/c1-4-18(27-19-8-5-7-17(21)15-19)16-24-20(22-2)23-9-12-26-11-6-10-25(3)13-14-26;/h5,7-8,15,18H,4,6,9-14,16H2,1-3H3,(H2,22,23,24);1H. The van der Waals surface area contributed by atoms with Crippen LogP contribution in [0, 0.1) is 5.82 Å². The first-order valence-electron chi connectivity index (χ1n) is 9.88. The second kappa shape index (κ2) is 13.9. The fourth-order valence-electron chi connectivity index (χ4n) is 3.09. The zero-order chi connectivity index (χ0) is 19.5. The van der Waals surface area contributed by atoms with Crippen LogP contribution in [0.4, 0.5) is 4.39 Å². The van der Waals surface area contributed by atoms with E-state index in [1.165, 1.54) is 25.1 Å². The maximum atomic E-state index is 13.3. The van der Waals surface area contributed by atoms with E-state index in [2.05, 4.69) is 39.4 Å². The molecule has 1 saturated heterocycles. The highest BCUT2D eigenvalue weighted by atomic mass is 127. The highest BCUT2D eigenvalue weighted by Gasteiger charge is 2.12. The van der Waals surface area contributed by atoms with Crippen molar-refractivity contribution < 1.29 is 9.13 Å². The van der Waals surface area contributed by atoms with Crippen LogP contribution in [-0.2, 0) is 0 Å². The third kappa shape index (κ3) is 9.38. The monoisotopic (exact) mass is 507 g/mol. The number of guanidine groups is 1. The van der Waals surface area contributed by atoms with Gasteiger partial charge < -0.3 is 25.2 Å². The van der Waals surface area contributed by atoms with E-state index in [0.717, 1.165) is 45.1 Å². The van der Waals surface area contributed by atoms with Gasteiger partial charge in [0.1, 0.15) is 17.7 Å². The van der Waals surface area contributed by atoms with Crippen LogP contribution in [0.25, 0.3) is 0 Å². The molecule has 1 aliphatic rings. The second-order valence-electron chi connectivity index (χ2n) is 6.98. The highest BCUT2D eigenvalue weighted by Crippen LogP contribution is 2.14. The molecule has 0 aliphatic carbocycles. The van der Waals surface area contributed by atoms with Gasteiger partial charge in [-0.05, 0) is 45.1 Å². The molecule has 0 aromatic heterocycles. The van der Waals surface area contributed by atoms with E-state index in [9.17, 15) is 4.39 Å². The Labute approximate surface area is 185 Å². The fourth-order valence-corrected chi connectivity index (χ4v) is 3.09. The normalized spacial score (nSPS) is 17.4. The molecule has 1 aliphatic heterocycles. The minimum Gasteiger partial charge on any atom is -0.489 e. The molecule has 1 fully saturated rings. The van der Waals surface area contributed by atoms with Gasteiger partial charge in [0, 0.05) is 39.3 Å². The van der Waals surface area contributed by atoms with Gasteiger partial charge in [-0.3, -0.25) is 4.99 Å². The summed E-state index contributed by atoms with van der Waals surface area (Å²) in [6.45, 7) is 9.09. The molecule has 160 valence electrons. The summed E-state index contributed by atoms with van der Waals surface area (Å²) in [7, 11) is 3.95. The molecule has 1 aromatic carbocycles. The summed E-state index contributed by atoms with van der Waals surface area (Å²) < 4.78 is 19.2. The molecule has 1 aromatic rings. The number of nitrogens with one attached hydrogen (secondary N) is 2. The Hall–Kier alpha value is -1.13. The van der Waals surface area contributed by atoms with Crippen LogP contribution >= 0.6 is 24.0 Å². The van der Waals surface area contributed by atoms with Gasteiger partial charge in [-0.25, -0.2) is 4.39 Å². The molecule has 0 radical (unpaired) electrons. The van der Waals surface area contributed by atoms with Gasteiger partial charge in [0.25, 0.3) is 0 Å². The highest BCUT2D eigenvalue weighted by molar-refractivity contribution is 14.0. The molecule has 28 heavy (non-hydrogen) atoms. The molecule has 0 bridgehead atoms. The Kier molecular flexibility index (Phi) is 12.4. The number of hydrogen-bond donors (Lipinski definition) is 2. The van der Waals surface area contributed by atoms with Crippen LogP contribution in [0.3, 0.4) is 0 Å². The van der Waals surface area contributed by atoms with E-state index < -0.39 is 0 Å². The molecule has 2 N–H and O–H groups in total. The molecule has 8 heteroatoms. The van der Waals surface area contributed by atoms with E-state index in [-0.39, 0.29) is 35.9 Å². The molecule has 2 rings (SSSR count). The van der Waals surface area contributed by atoms with Crippen LogP contribution in [0.1, 0.15) is 19.8 Å². The van der Waals surface area contributed by atoms with Crippen molar-refractivity contribution in [3.8, 4) is 5.75 Å². The number of halogens is 2. The molecule has 0 spiro atoms. The van der Waals surface area contributed by atoms with Crippen molar-refractivity contribution in [3.63, 3.8) is 0 Å². The number of likely N-dealkylation sites (N-methyl/N-ethyl adjacent to an activating group) is 1. The van der Waals surface area contributed by atoms with Gasteiger partial charge in [0.05, 0.1) is 6.54 Å². The Balaban J connectivity index is 0.00000392. The molecule has 0 amide bonds. The van der Waals surface area contributed by atoms with Crippen molar-refractivity contribution in [3.05, 3.63) is 30.1 Å². The molecular weight excluding hydrogens is 472 g/mol. The molecular formula is C20H35FIN5O. The maximum Gasteiger partial charge on any atom is 0.191 e. The van der Waals surface area contributed by atoms with Crippen LogP contribution < -0.4 is 15.4 Å². The number of rotatable bonds is 8. The zero-order valence-corrected chi connectivity index (χ0v) is 19.6. The SMILES string of the molecule is CCC(CNC(=NC)NCCN1CCCN(C)CC1)Oc1cccc(F)c1.I. The van der Waals surface area contributed by atoms with Crippen molar-refractivity contribution in [1.29, 1.82) is 0 Å². The number of hydrogen-bond acceptors (Lipinski definition) is 4. The number of benzene rings is 1. The summed E-state index contributed by atoms with van der Waals surface area (Å²) in [5.41, 5.74) is 0. The summed E-state index contributed by atoms with van der Waals surface area (Å²) in [4.78, 5) is 9.16. The van der Waals surface area contributed by atoms with E-state index in [0.29, 0.717) is 12.3 Å². The van der Waals surface area contributed by atoms with Gasteiger partial charge in [-0.1, -0.05) is 13.0 Å². The Bertz CT molecular complexity index is 589. The van der Waals surface area contributed by atoms with Crippen molar-refractivity contribution in [1.82, 2.24) is 20.4 Å². The summed E-state index contributed by atoms with van der Waals surface area (Å²) in [5.74, 6) is 1.04. The lowest BCUT2D eigenvalue weighted by atomic mass is 10.2. The average molecular weight is 507 g/mol. The van der Waals surface area contributed by atoms with Gasteiger partial charge in [-0.15, -0.1) is 24.0 Å². The Morgan fingerprint density at radius 1 is 1.25 bits per heavy atom. The minimum absolute atomic E-state index is 0. The number of aliphatic imine (C=N–C) groups is 1. The Morgan fingerprint density at radius 2 is 2.07 bits per heavy atom. The first-order valence-corrected chi connectivity index (χ1v) is 9.88. The van der Waals surface area contributed by atoms with E-state index in [1.54, 1.807) is 19.2 Å². The van der Waals surface area contributed by atoms with Gasteiger partial charge in [-0.2, -0.15) is 0 Å². The van der Waals surface area contributed by atoms with Gasteiger partial charge >= 0.3 is 0 Å². The minimum atomic E-state index is -0.285. The van der Waals surface area contributed by atoms with E-state index in [4.69, 9.17) is 4.74 Å². The summed E-state index contributed by atoms with van der Waals surface area (Å²) in [6, 6.07) is 6.26. The molecule has 0 saturated carbocycles. The predicted octanol–water partition coefficient (Wildman–Crippen LogP) is 2.40. The smallest absolute Gasteiger partial charge is 0.191 e. The third-order valence-corrected chi connectivity index (χ3v) is 4.81.